The Bertz CT molecular complexity index is 354. The molecule has 1 unspecified atom stereocenters. The molecule has 1 heterocycles. The number of rotatable bonds is 2. The monoisotopic (exact) mass is 226 g/mol. The predicted molar refractivity (Wildman–Crippen MR) is 61.0 cm³/mol. The molecule has 0 aromatic carbocycles. The van der Waals surface area contributed by atoms with Gasteiger partial charge in [-0.15, -0.1) is 0 Å². The van der Waals surface area contributed by atoms with Crippen LogP contribution in [0.15, 0.2) is 18.3 Å². The molecule has 4 heteroatoms. The van der Waals surface area contributed by atoms with Crippen molar-refractivity contribution in [2.24, 2.45) is 11.1 Å². The summed E-state index contributed by atoms with van der Waals surface area (Å²) in [7, 11) is 0. The SMILES string of the molecule is CC(C)(C)C(N)C(=O)c1ccc(Cl)cn1. The van der Waals surface area contributed by atoms with Gasteiger partial charge in [0, 0.05) is 6.20 Å². The van der Waals surface area contributed by atoms with Gasteiger partial charge in [0.25, 0.3) is 0 Å². The Hall–Kier alpha value is -0.930. The number of hydrogen-bond donors (Lipinski definition) is 1. The van der Waals surface area contributed by atoms with Crippen molar-refractivity contribution in [3.05, 3.63) is 29.0 Å². The molecule has 0 amide bonds. The molecule has 0 radical (unpaired) electrons. The van der Waals surface area contributed by atoms with Gasteiger partial charge in [-0.3, -0.25) is 9.78 Å². The summed E-state index contributed by atoms with van der Waals surface area (Å²) in [6, 6.07) is 2.68. The summed E-state index contributed by atoms with van der Waals surface area (Å²) >= 11 is 5.68. The number of Topliss-reactive ketones (excluding diaryl/α,β-unsaturated/α-hetero) is 1. The number of nitrogens with zero attached hydrogens (tertiary/aromatic N) is 1. The second-order valence-corrected chi connectivity index (χ2v) is 5.01. The third-order valence-electron chi connectivity index (χ3n) is 2.20. The average Bonchev–Trinajstić information content (AvgIpc) is 2.15. The lowest BCUT2D eigenvalue weighted by molar-refractivity contribution is 0.0896. The first-order chi connectivity index (χ1) is 6.82. The van der Waals surface area contributed by atoms with Gasteiger partial charge in [-0.1, -0.05) is 32.4 Å². The van der Waals surface area contributed by atoms with Crippen LogP contribution >= 0.6 is 11.6 Å². The predicted octanol–water partition coefficient (Wildman–Crippen LogP) is 2.29. The third-order valence-corrected chi connectivity index (χ3v) is 2.42. The molecule has 0 spiro atoms. The number of ketones is 1. The van der Waals surface area contributed by atoms with Crippen LogP contribution in [0.5, 0.6) is 0 Å². The van der Waals surface area contributed by atoms with E-state index in [4.69, 9.17) is 17.3 Å². The molecule has 15 heavy (non-hydrogen) atoms. The van der Waals surface area contributed by atoms with Crippen LogP contribution in [-0.4, -0.2) is 16.8 Å². The van der Waals surface area contributed by atoms with Crippen molar-refractivity contribution in [1.82, 2.24) is 4.98 Å². The third kappa shape index (κ3) is 3.01. The normalized spacial score (nSPS) is 13.7. The van der Waals surface area contributed by atoms with Crippen LogP contribution in [0.1, 0.15) is 31.3 Å². The van der Waals surface area contributed by atoms with E-state index >= 15 is 0 Å². The van der Waals surface area contributed by atoms with Crippen molar-refractivity contribution >= 4 is 17.4 Å². The van der Waals surface area contributed by atoms with E-state index in [1.165, 1.54) is 6.20 Å². The highest BCUT2D eigenvalue weighted by Gasteiger charge is 2.28. The Balaban J connectivity index is 2.90. The number of carbonyl (C=O) groups is 1. The summed E-state index contributed by atoms with van der Waals surface area (Å²) in [6.07, 6.45) is 1.45. The topological polar surface area (TPSA) is 56.0 Å². The molecular formula is C11H15ClN2O. The van der Waals surface area contributed by atoms with E-state index in [1.807, 2.05) is 20.8 Å². The molecule has 0 saturated carbocycles. The number of carbonyl (C=O) groups excluding carboxylic acids is 1. The van der Waals surface area contributed by atoms with Gasteiger partial charge in [0.15, 0.2) is 5.78 Å². The van der Waals surface area contributed by atoms with Crippen LogP contribution in [0.25, 0.3) is 0 Å². The van der Waals surface area contributed by atoms with E-state index < -0.39 is 6.04 Å². The fourth-order valence-electron chi connectivity index (χ4n) is 1.07. The van der Waals surface area contributed by atoms with Crippen molar-refractivity contribution < 1.29 is 4.79 Å². The molecule has 0 bridgehead atoms. The van der Waals surface area contributed by atoms with Crippen LogP contribution in [0.3, 0.4) is 0 Å². The van der Waals surface area contributed by atoms with Crippen LogP contribution in [0.2, 0.25) is 5.02 Å². The Labute approximate surface area is 94.6 Å². The van der Waals surface area contributed by atoms with Gasteiger partial charge >= 0.3 is 0 Å². The molecule has 1 aromatic rings. The molecule has 2 N–H and O–H groups in total. The van der Waals surface area contributed by atoms with Crippen molar-refractivity contribution in [3.63, 3.8) is 0 Å². The van der Waals surface area contributed by atoms with Gasteiger partial charge in [0.1, 0.15) is 5.69 Å². The van der Waals surface area contributed by atoms with Gasteiger partial charge < -0.3 is 5.73 Å². The van der Waals surface area contributed by atoms with E-state index in [2.05, 4.69) is 4.98 Å². The maximum atomic E-state index is 11.9. The van der Waals surface area contributed by atoms with Crippen molar-refractivity contribution in [2.75, 3.05) is 0 Å². The highest BCUT2D eigenvalue weighted by Crippen LogP contribution is 2.20. The molecule has 0 saturated heterocycles. The van der Waals surface area contributed by atoms with Crippen LogP contribution < -0.4 is 5.73 Å². The van der Waals surface area contributed by atoms with E-state index in [0.29, 0.717) is 10.7 Å². The molecular weight excluding hydrogens is 212 g/mol. The molecule has 1 rings (SSSR count). The molecule has 0 aliphatic rings. The maximum Gasteiger partial charge on any atom is 0.198 e. The number of pyridine rings is 1. The standard InChI is InChI=1S/C11H15ClN2O/c1-11(2,3)10(13)9(15)8-5-4-7(12)6-14-8/h4-6,10H,13H2,1-3H3. The Morgan fingerprint density at radius 2 is 2.07 bits per heavy atom. The summed E-state index contributed by atoms with van der Waals surface area (Å²) in [5, 5.41) is 0.510. The Morgan fingerprint density at radius 3 is 2.47 bits per heavy atom. The number of aromatic nitrogens is 1. The highest BCUT2D eigenvalue weighted by molar-refractivity contribution is 6.30. The molecule has 0 fully saturated rings. The molecule has 82 valence electrons. The van der Waals surface area contributed by atoms with E-state index in [9.17, 15) is 4.79 Å². The minimum atomic E-state index is -0.550. The quantitative estimate of drug-likeness (QED) is 0.788. The van der Waals surface area contributed by atoms with Gasteiger partial charge in [-0.05, 0) is 17.5 Å². The molecule has 1 atom stereocenters. The Morgan fingerprint density at radius 1 is 1.47 bits per heavy atom. The summed E-state index contributed by atoms with van der Waals surface area (Å²) in [6.45, 7) is 5.77. The van der Waals surface area contributed by atoms with Crippen molar-refractivity contribution in [2.45, 2.75) is 26.8 Å². The zero-order chi connectivity index (χ0) is 11.6. The lowest BCUT2D eigenvalue weighted by Gasteiger charge is -2.25. The molecule has 1 aromatic heterocycles. The first kappa shape index (κ1) is 12.1. The van der Waals surface area contributed by atoms with E-state index in [0.717, 1.165) is 0 Å². The summed E-state index contributed by atoms with van der Waals surface area (Å²) < 4.78 is 0. The first-order valence-corrected chi connectivity index (χ1v) is 5.11. The second kappa shape index (κ2) is 4.29. The minimum Gasteiger partial charge on any atom is -0.321 e. The minimum absolute atomic E-state index is 0.154. The molecule has 0 aliphatic heterocycles. The van der Waals surface area contributed by atoms with Gasteiger partial charge in [0.05, 0.1) is 11.1 Å². The summed E-state index contributed by atoms with van der Waals surface area (Å²) in [5.41, 5.74) is 5.94. The second-order valence-electron chi connectivity index (χ2n) is 4.57. The number of nitrogens with two attached hydrogens (primary N) is 1. The van der Waals surface area contributed by atoms with Gasteiger partial charge in [-0.25, -0.2) is 0 Å². The zero-order valence-corrected chi connectivity index (χ0v) is 9.88. The fraction of sp³-hybridized carbons (Fsp3) is 0.455. The first-order valence-electron chi connectivity index (χ1n) is 4.73. The number of halogens is 1. The largest absolute Gasteiger partial charge is 0.321 e. The summed E-state index contributed by atoms with van der Waals surface area (Å²) in [5.74, 6) is -0.154. The molecule has 3 nitrogen and oxygen atoms in total. The van der Waals surface area contributed by atoms with Gasteiger partial charge in [0.2, 0.25) is 0 Å². The lowest BCUT2D eigenvalue weighted by Crippen LogP contribution is -2.42. The van der Waals surface area contributed by atoms with Crippen LogP contribution in [-0.2, 0) is 0 Å². The van der Waals surface area contributed by atoms with Gasteiger partial charge in [-0.2, -0.15) is 0 Å². The van der Waals surface area contributed by atoms with Crippen LogP contribution in [0, 0.1) is 5.41 Å². The van der Waals surface area contributed by atoms with E-state index in [-0.39, 0.29) is 11.2 Å². The lowest BCUT2D eigenvalue weighted by atomic mass is 9.84. The number of hydrogen-bond acceptors (Lipinski definition) is 3. The Kier molecular flexibility index (Phi) is 3.47. The molecule has 0 aliphatic carbocycles. The fourth-order valence-corrected chi connectivity index (χ4v) is 1.19. The zero-order valence-electron chi connectivity index (χ0n) is 9.12. The van der Waals surface area contributed by atoms with E-state index in [1.54, 1.807) is 12.1 Å². The van der Waals surface area contributed by atoms with Crippen LogP contribution in [0.4, 0.5) is 0 Å². The average molecular weight is 227 g/mol. The highest BCUT2D eigenvalue weighted by atomic mass is 35.5. The maximum absolute atomic E-state index is 11.9. The summed E-state index contributed by atoms with van der Waals surface area (Å²) in [4.78, 5) is 15.8. The smallest absolute Gasteiger partial charge is 0.198 e. The van der Waals surface area contributed by atoms with Crippen molar-refractivity contribution in [3.8, 4) is 0 Å². The van der Waals surface area contributed by atoms with Crippen molar-refractivity contribution in [1.29, 1.82) is 0 Å².